The van der Waals surface area contributed by atoms with Gasteiger partial charge >= 0.3 is 5.76 Å². The highest BCUT2D eigenvalue weighted by molar-refractivity contribution is 5.79. The van der Waals surface area contributed by atoms with Crippen molar-refractivity contribution in [1.82, 2.24) is 14.5 Å². The van der Waals surface area contributed by atoms with Crippen molar-refractivity contribution in [1.29, 1.82) is 0 Å². The molecule has 3 rings (SSSR count). The number of hydrogen-bond donors (Lipinski definition) is 1. The van der Waals surface area contributed by atoms with Gasteiger partial charge in [0.1, 0.15) is 0 Å². The molecule has 1 aromatic carbocycles. The van der Waals surface area contributed by atoms with Gasteiger partial charge in [0.05, 0.1) is 24.5 Å². The second-order valence-electron chi connectivity index (χ2n) is 3.92. The maximum Gasteiger partial charge on any atom is 0.419 e. The van der Waals surface area contributed by atoms with E-state index in [-0.39, 0.29) is 5.76 Å². The van der Waals surface area contributed by atoms with Gasteiger partial charge in [0, 0.05) is 12.6 Å². The van der Waals surface area contributed by atoms with Gasteiger partial charge in [-0.1, -0.05) is 0 Å². The standard InChI is InChI=1S/C12H11N3O3/c1-15-9-5-7(3-4-10(9)18-12(15)16)8-6-13-11(14-8)17-2/h3-6H,1-2H3,(H,13,14). The highest BCUT2D eigenvalue weighted by Crippen LogP contribution is 2.23. The van der Waals surface area contributed by atoms with Crippen molar-refractivity contribution >= 4 is 11.1 Å². The quantitative estimate of drug-likeness (QED) is 0.743. The van der Waals surface area contributed by atoms with E-state index in [9.17, 15) is 4.79 Å². The van der Waals surface area contributed by atoms with E-state index in [0.29, 0.717) is 11.6 Å². The van der Waals surface area contributed by atoms with Gasteiger partial charge in [0.25, 0.3) is 6.01 Å². The van der Waals surface area contributed by atoms with Crippen LogP contribution in [0.4, 0.5) is 0 Å². The lowest BCUT2D eigenvalue weighted by atomic mass is 10.1. The Labute approximate surface area is 102 Å². The van der Waals surface area contributed by atoms with E-state index in [4.69, 9.17) is 9.15 Å². The molecule has 0 spiro atoms. The van der Waals surface area contributed by atoms with Gasteiger partial charge in [-0.25, -0.2) is 9.78 Å². The van der Waals surface area contributed by atoms with Crippen LogP contribution in [0, 0.1) is 0 Å². The summed E-state index contributed by atoms with van der Waals surface area (Å²) in [6, 6.07) is 5.94. The summed E-state index contributed by atoms with van der Waals surface area (Å²) >= 11 is 0. The number of hydrogen-bond acceptors (Lipinski definition) is 4. The fraction of sp³-hybridized carbons (Fsp3) is 0.167. The Bertz CT molecular complexity index is 766. The highest BCUT2D eigenvalue weighted by atomic mass is 16.5. The molecule has 0 atom stereocenters. The lowest BCUT2D eigenvalue weighted by Gasteiger charge is -1.98. The first-order chi connectivity index (χ1) is 8.69. The Morgan fingerprint density at radius 1 is 1.44 bits per heavy atom. The molecule has 0 aliphatic carbocycles. The van der Waals surface area contributed by atoms with Crippen LogP contribution in [-0.4, -0.2) is 21.6 Å². The third kappa shape index (κ3) is 1.50. The molecule has 0 radical (unpaired) electrons. The van der Waals surface area contributed by atoms with Crippen molar-refractivity contribution in [3.8, 4) is 17.3 Å². The number of benzene rings is 1. The molecule has 0 amide bonds. The van der Waals surface area contributed by atoms with E-state index >= 15 is 0 Å². The Morgan fingerprint density at radius 2 is 2.28 bits per heavy atom. The van der Waals surface area contributed by atoms with Gasteiger partial charge < -0.3 is 14.1 Å². The maximum absolute atomic E-state index is 11.4. The molecule has 0 unspecified atom stereocenters. The van der Waals surface area contributed by atoms with Gasteiger partial charge in [0.15, 0.2) is 5.58 Å². The first-order valence-electron chi connectivity index (χ1n) is 5.38. The fourth-order valence-electron chi connectivity index (χ4n) is 1.85. The second kappa shape index (κ2) is 3.76. The number of nitrogens with zero attached hydrogens (tertiary/aromatic N) is 2. The van der Waals surface area contributed by atoms with Crippen LogP contribution in [0.5, 0.6) is 6.01 Å². The number of ether oxygens (including phenoxy) is 1. The number of rotatable bonds is 2. The van der Waals surface area contributed by atoms with Crippen molar-refractivity contribution in [2.75, 3.05) is 7.11 Å². The molecule has 3 aromatic rings. The molecule has 2 aromatic heterocycles. The van der Waals surface area contributed by atoms with Gasteiger partial charge in [-0.05, 0) is 18.2 Å². The molecular weight excluding hydrogens is 234 g/mol. The molecule has 0 fully saturated rings. The number of methoxy groups -OCH3 is 1. The Balaban J connectivity index is 2.18. The van der Waals surface area contributed by atoms with Crippen molar-refractivity contribution in [3.63, 3.8) is 0 Å². The fourth-order valence-corrected chi connectivity index (χ4v) is 1.85. The number of H-pyrrole nitrogens is 1. The van der Waals surface area contributed by atoms with Crippen LogP contribution in [0.2, 0.25) is 0 Å². The molecule has 6 heteroatoms. The SMILES string of the molecule is COc1ncc(-c2ccc3oc(=O)n(C)c3c2)[nH]1. The van der Waals surface area contributed by atoms with Crippen LogP contribution >= 0.6 is 0 Å². The van der Waals surface area contributed by atoms with Gasteiger partial charge in [0.2, 0.25) is 0 Å². The highest BCUT2D eigenvalue weighted by Gasteiger charge is 2.09. The summed E-state index contributed by atoms with van der Waals surface area (Å²) in [6.45, 7) is 0. The lowest BCUT2D eigenvalue weighted by Crippen LogP contribution is -2.08. The minimum atomic E-state index is -0.371. The molecule has 0 bridgehead atoms. The largest absolute Gasteiger partial charge is 0.468 e. The number of fused-ring (bicyclic) bond motifs is 1. The zero-order valence-corrected chi connectivity index (χ0v) is 9.93. The number of aromatic nitrogens is 3. The van der Waals surface area contributed by atoms with E-state index in [1.54, 1.807) is 26.4 Å². The van der Waals surface area contributed by atoms with Gasteiger partial charge in [-0.2, -0.15) is 0 Å². The monoisotopic (exact) mass is 245 g/mol. The summed E-state index contributed by atoms with van der Waals surface area (Å²) in [5, 5.41) is 0. The zero-order chi connectivity index (χ0) is 12.7. The van der Waals surface area contributed by atoms with Crippen LogP contribution in [0.15, 0.2) is 33.6 Å². The maximum atomic E-state index is 11.4. The molecule has 0 saturated carbocycles. The third-order valence-corrected chi connectivity index (χ3v) is 2.85. The Hall–Kier alpha value is -2.50. The average Bonchev–Trinajstić information content (AvgIpc) is 2.96. The molecule has 1 N–H and O–H groups in total. The molecule has 92 valence electrons. The van der Waals surface area contributed by atoms with Crippen molar-refractivity contribution in [2.24, 2.45) is 7.05 Å². The Kier molecular flexibility index (Phi) is 2.22. The Morgan fingerprint density at radius 3 is 3.00 bits per heavy atom. The third-order valence-electron chi connectivity index (χ3n) is 2.85. The topological polar surface area (TPSA) is 73.1 Å². The summed E-state index contributed by atoms with van der Waals surface area (Å²) in [7, 11) is 3.22. The van der Waals surface area contributed by atoms with E-state index in [2.05, 4.69) is 9.97 Å². The number of aromatic amines is 1. The van der Waals surface area contributed by atoms with Crippen LogP contribution in [0.1, 0.15) is 0 Å². The zero-order valence-electron chi connectivity index (χ0n) is 9.93. The summed E-state index contributed by atoms with van der Waals surface area (Å²) < 4.78 is 11.5. The number of nitrogens with one attached hydrogen (secondary N) is 1. The van der Waals surface area contributed by atoms with Gasteiger partial charge in [-0.15, -0.1) is 0 Å². The van der Waals surface area contributed by atoms with Crippen LogP contribution in [0.25, 0.3) is 22.4 Å². The first kappa shape index (κ1) is 10.6. The van der Waals surface area contributed by atoms with Crippen LogP contribution in [-0.2, 0) is 7.05 Å². The molecule has 0 aliphatic heterocycles. The van der Waals surface area contributed by atoms with E-state index in [0.717, 1.165) is 16.8 Å². The van der Waals surface area contributed by atoms with Crippen LogP contribution in [0.3, 0.4) is 0 Å². The molecular formula is C12H11N3O3. The molecule has 18 heavy (non-hydrogen) atoms. The molecule has 2 heterocycles. The minimum Gasteiger partial charge on any atom is -0.468 e. The van der Waals surface area contributed by atoms with E-state index in [1.165, 1.54) is 4.57 Å². The summed E-state index contributed by atoms with van der Waals surface area (Å²) in [4.78, 5) is 18.5. The van der Waals surface area contributed by atoms with E-state index in [1.807, 2.05) is 12.1 Å². The van der Waals surface area contributed by atoms with Crippen molar-refractivity contribution < 1.29 is 9.15 Å². The van der Waals surface area contributed by atoms with Crippen LogP contribution < -0.4 is 10.5 Å². The van der Waals surface area contributed by atoms with Crippen molar-refractivity contribution in [2.45, 2.75) is 0 Å². The minimum absolute atomic E-state index is 0.371. The molecule has 6 nitrogen and oxygen atoms in total. The predicted molar refractivity (Wildman–Crippen MR) is 65.6 cm³/mol. The number of imidazole rings is 1. The van der Waals surface area contributed by atoms with Gasteiger partial charge in [-0.3, -0.25) is 4.57 Å². The molecule has 0 saturated heterocycles. The summed E-state index contributed by atoms with van der Waals surface area (Å²) in [5.74, 6) is -0.371. The predicted octanol–water partition coefficient (Wildman–Crippen LogP) is 1.53. The first-order valence-corrected chi connectivity index (χ1v) is 5.38. The smallest absolute Gasteiger partial charge is 0.419 e. The second-order valence-corrected chi connectivity index (χ2v) is 3.92. The van der Waals surface area contributed by atoms with Crippen molar-refractivity contribution in [3.05, 3.63) is 34.9 Å². The molecule has 0 aliphatic rings. The summed E-state index contributed by atoms with van der Waals surface area (Å²) in [5.41, 5.74) is 3.04. The lowest BCUT2D eigenvalue weighted by molar-refractivity contribution is 0.384. The number of aryl methyl sites for hydroxylation is 1. The average molecular weight is 245 g/mol. The number of oxazole rings is 1. The van der Waals surface area contributed by atoms with E-state index < -0.39 is 0 Å². The summed E-state index contributed by atoms with van der Waals surface area (Å²) in [6.07, 6.45) is 1.68. The normalized spacial score (nSPS) is 11.0.